The smallest absolute Gasteiger partial charge is 0.245 e. The molecule has 0 aromatic heterocycles. The Morgan fingerprint density at radius 1 is 0.871 bits per heavy atom. The van der Waals surface area contributed by atoms with Crippen LogP contribution in [0.1, 0.15) is 44.1 Å². The van der Waals surface area contributed by atoms with Crippen molar-refractivity contribution in [3.63, 3.8) is 0 Å². The molecule has 2 aliphatic rings. The zero-order valence-corrected chi connectivity index (χ0v) is 19.0. The second-order valence-electron chi connectivity index (χ2n) is 8.20. The van der Waals surface area contributed by atoms with E-state index in [-0.39, 0.29) is 0 Å². The molecule has 7 heteroatoms. The highest BCUT2D eigenvalue weighted by Gasteiger charge is 2.30. The van der Waals surface area contributed by atoms with Crippen LogP contribution in [0.2, 0.25) is 0 Å². The van der Waals surface area contributed by atoms with E-state index in [9.17, 15) is 8.42 Å². The monoisotopic (exact) mass is 441 g/mol. The number of nitrogens with zero attached hydrogens (tertiary/aromatic N) is 3. The molecule has 2 aliphatic heterocycles. The SMILES string of the molecule is COc1ccc(C=Nc2ccc(N3CCCCC3)c(S(=O)(=O)N3CCCCC3)c2)cc1. The molecule has 4 rings (SSSR count). The molecule has 2 fully saturated rings. The summed E-state index contributed by atoms with van der Waals surface area (Å²) in [6.45, 7) is 3.00. The molecule has 0 atom stereocenters. The minimum atomic E-state index is -3.56. The van der Waals surface area contributed by atoms with Crippen LogP contribution in [-0.2, 0) is 10.0 Å². The lowest BCUT2D eigenvalue weighted by atomic mass is 10.1. The maximum absolute atomic E-state index is 13.6. The molecule has 0 spiro atoms. The molecule has 0 radical (unpaired) electrons. The summed E-state index contributed by atoms with van der Waals surface area (Å²) in [5.41, 5.74) is 2.39. The van der Waals surface area contributed by atoms with Gasteiger partial charge in [0.25, 0.3) is 0 Å². The van der Waals surface area contributed by atoms with E-state index in [4.69, 9.17) is 4.74 Å². The average molecular weight is 442 g/mol. The number of methoxy groups -OCH3 is 1. The van der Waals surface area contributed by atoms with Crippen molar-refractivity contribution < 1.29 is 13.2 Å². The van der Waals surface area contributed by atoms with E-state index in [0.29, 0.717) is 23.7 Å². The van der Waals surface area contributed by atoms with Gasteiger partial charge in [-0.1, -0.05) is 6.42 Å². The number of rotatable bonds is 6. The Balaban J connectivity index is 1.67. The summed E-state index contributed by atoms with van der Waals surface area (Å²) in [6, 6.07) is 13.2. The first-order valence-corrected chi connectivity index (χ1v) is 12.6. The minimum absolute atomic E-state index is 0.390. The highest BCUT2D eigenvalue weighted by atomic mass is 32.2. The quantitative estimate of drug-likeness (QED) is 0.614. The van der Waals surface area contributed by atoms with Crippen LogP contribution >= 0.6 is 0 Å². The van der Waals surface area contributed by atoms with Crippen LogP contribution in [0, 0.1) is 0 Å². The van der Waals surface area contributed by atoms with E-state index in [0.717, 1.165) is 62.2 Å². The first-order chi connectivity index (χ1) is 15.1. The van der Waals surface area contributed by atoms with Gasteiger partial charge in [0.15, 0.2) is 0 Å². The normalized spacial score (nSPS) is 18.4. The van der Waals surface area contributed by atoms with Crippen LogP contribution in [0.15, 0.2) is 52.4 Å². The first kappa shape index (κ1) is 21.8. The van der Waals surface area contributed by atoms with E-state index in [1.807, 2.05) is 36.4 Å². The molecule has 2 heterocycles. The number of sulfonamides is 1. The third-order valence-electron chi connectivity index (χ3n) is 6.05. The van der Waals surface area contributed by atoms with Crippen molar-refractivity contribution in [2.45, 2.75) is 43.4 Å². The van der Waals surface area contributed by atoms with Crippen molar-refractivity contribution in [3.8, 4) is 5.75 Å². The van der Waals surface area contributed by atoms with Gasteiger partial charge < -0.3 is 9.64 Å². The molecule has 0 N–H and O–H groups in total. The molecule has 2 aromatic carbocycles. The lowest BCUT2D eigenvalue weighted by Gasteiger charge is -2.32. The Morgan fingerprint density at radius 3 is 2.16 bits per heavy atom. The van der Waals surface area contributed by atoms with Gasteiger partial charge in [-0.2, -0.15) is 4.31 Å². The van der Waals surface area contributed by atoms with Crippen molar-refractivity contribution in [2.24, 2.45) is 4.99 Å². The summed E-state index contributed by atoms with van der Waals surface area (Å²) in [5.74, 6) is 0.790. The molecule has 2 aromatic rings. The van der Waals surface area contributed by atoms with Gasteiger partial charge in [0.05, 0.1) is 18.5 Å². The number of hydrogen-bond donors (Lipinski definition) is 0. The predicted molar refractivity (Wildman–Crippen MR) is 125 cm³/mol. The Hall–Kier alpha value is -2.38. The Kier molecular flexibility index (Phi) is 6.92. The number of hydrogen-bond acceptors (Lipinski definition) is 5. The summed E-state index contributed by atoms with van der Waals surface area (Å²) in [7, 11) is -1.92. The maximum atomic E-state index is 13.6. The fourth-order valence-corrected chi connectivity index (χ4v) is 6.02. The third-order valence-corrected chi connectivity index (χ3v) is 7.98. The van der Waals surface area contributed by atoms with Gasteiger partial charge in [0.1, 0.15) is 10.6 Å². The van der Waals surface area contributed by atoms with Crippen LogP contribution in [0.5, 0.6) is 5.75 Å². The maximum Gasteiger partial charge on any atom is 0.245 e. The summed E-state index contributed by atoms with van der Waals surface area (Å²) in [4.78, 5) is 7.18. The van der Waals surface area contributed by atoms with Crippen molar-refractivity contribution in [2.75, 3.05) is 38.2 Å². The number of aliphatic imine (C=N–C) groups is 1. The molecule has 0 aliphatic carbocycles. The fourth-order valence-electron chi connectivity index (χ4n) is 4.27. The molecule has 6 nitrogen and oxygen atoms in total. The molecule has 2 saturated heterocycles. The van der Waals surface area contributed by atoms with Crippen molar-refractivity contribution in [3.05, 3.63) is 48.0 Å². The first-order valence-electron chi connectivity index (χ1n) is 11.2. The average Bonchev–Trinajstić information content (AvgIpc) is 2.84. The van der Waals surface area contributed by atoms with Gasteiger partial charge in [0, 0.05) is 32.4 Å². The predicted octanol–water partition coefficient (Wildman–Crippen LogP) is 4.61. The standard InChI is InChI=1S/C24H31N3O3S/c1-30-22-11-8-20(9-12-22)19-25-21-10-13-23(26-14-4-2-5-15-26)24(18-21)31(28,29)27-16-6-3-7-17-27/h8-13,18-19H,2-7,14-17H2,1H3. The number of anilines is 1. The molecular formula is C24H31N3O3S. The third kappa shape index (κ3) is 5.10. The zero-order chi connectivity index (χ0) is 21.7. The van der Waals surface area contributed by atoms with Gasteiger partial charge in [-0.3, -0.25) is 4.99 Å². The van der Waals surface area contributed by atoms with Crippen molar-refractivity contribution in [1.82, 2.24) is 4.31 Å². The molecule has 0 bridgehead atoms. The van der Waals surface area contributed by atoms with E-state index in [2.05, 4.69) is 9.89 Å². The summed E-state index contributed by atoms with van der Waals surface area (Å²) < 4.78 is 34.0. The summed E-state index contributed by atoms with van der Waals surface area (Å²) in [6.07, 6.45) is 8.10. The van der Waals surface area contributed by atoms with Crippen LogP contribution in [-0.4, -0.2) is 52.2 Å². The highest BCUT2D eigenvalue weighted by molar-refractivity contribution is 7.89. The fraction of sp³-hybridized carbons (Fsp3) is 0.458. The van der Waals surface area contributed by atoms with Gasteiger partial charge in [-0.15, -0.1) is 0 Å². The summed E-state index contributed by atoms with van der Waals surface area (Å²) >= 11 is 0. The topological polar surface area (TPSA) is 62.2 Å². The number of piperidine rings is 2. The van der Waals surface area contributed by atoms with E-state index in [1.54, 1.807) is 23.7 Å². The highest BCUT2D eigenvalue weighted by Crippen LogP contribution is 2.34. The van der Waals surface area contributed by atoms with Gasteiger partial charge in [-0.05, 0) is 80.1 Å². The lowest BCUT2D eigenvalue weighted by molar-refractivity contribution is 0.346. The second kappa shape index (κ2) is 9.83. The van der Waals surface area contributed by atoms with Gasteiger partial charge >= 0.3 is 0 Å². The van der Waals surface area contributed by atoms with E-state index >= 15 is 0 Å². The Labute approximate surface area is 185 Å². The van der Waals surface area contributed by atoms with Gasteiger partial charge in [-0.25, -0.2) is 8.42 Å². The Morgan fingerprint density at radius 2 is 1.52 bits per heavy atom. The largest absolute Gasteiger partial charge is 0.497 e. The summed E-state index contributed by atoms with van der Waals surface area (Å²) in [5, 5.41) is 0. The second-order valence-corrected chi connectivity index (χ2v) is 10.1. The van der Waals surface area contributed by atoms with Gasteiger partial charge in [0.2, 0.25) is 10.0 Å². The lowest BCUT2D eigenvalue weighted by Crippen LogP contribution is -2.37. The molecule has 0 saturated carbocycles. The Bertz CT molecular complexity index is 1010. The van der Waals surface area contributed by atoms with Crippen LogP contribution in [0.3, 0.4) is 0 Å². The molecular weight excluding hydrogens is 410 g/mol. The van der Waals surface area contributed by atoms with E-state index in [1.165, 1.54) is 6.42 Å². The van der Waals surface area contributed by atoms with Crippen LogP contribution < -0.4 is 9.64 Å². The molecule has 0 unspecified atom stereocenters. The molecule has 31 heavy (non-hydrogen) atoms. The number of benzene rings is 2. The minimum Gasteiger partial charge on any atom is -0.497 e. The molecule has 0 amide bonds. The molecule has 166 valence electrons. The number of ether oxygens (including phenoxy) is 1. The van der Waals surface area contributed by atoms with Crippen molar-refractivity contribution in [1.29, 1.82) is 0 Å². The van der Waals surface area contributed by atoms with Crippen LogP contribution in [0.25, 0.3) is 0 Å². The van der Waals surface area contributed by atoms with Crippen molar-refractivity contribution >= 4 is 27.6 Å². The van der Waals surface area contributed by atoms with Crippen LogP contribution in [0.4, 0.5) is 11.4 Å². The zero-order valence-electron chi connectivity index (χ0n) is 18.2. The van der Waals surface area contributed by atoms with E-state index < -0.39 is 10.0 Å².